The standard InChI is InChI=1S/C29H35N3O4/c1-4-5-6-11-19-36-27-23-15-12-16-30-26(23)24(20-25(27)35-3)31(2)17-9-10-18-32-28(33)21-13-7-8-14-22(21)29(32)34/h7-8,12-16,20H,4-6,9-11,17-19H2,1-3H3. The number of imide groups is 1. The van der Waals surface area contributed by atoms with Crippen molar-refractivity contribution in [2.45, 2.75) is 45.4 Å². The fraction of sp³-hybridized carbons (Fsp3) is 0.414. The minimum atomic E-state index is -0.200. The number of amides is 2. The van der Waals surface area contributed by atoms with Crippen molar-refractivity contribution >= 4 is 28.4 Å². The molecular weight excluding hydrogens is 454 g/mol. The molecule has 0 fully saturated rings. The normalized spacial score (nSPS) is 12.8. The SMILES string of the molecule is CCCCCCOc1c(OC)cc(N(C)CCCCN2C(=O)c3ccccc3C2=O)c2ncccc12. The number of nitrogens with zero attached hydrogens (tertiary/aromatic N) is 3. The van der Waals surface area contributed by atoms with Gasteiger partial charge < -0.3 is 14.4 Å². The molecule has 0 saturated carbocycles. The molecule has 2 amide bonds. The summed E-state index contributed by atoms with van der Waals surface area (Å²) in [5, 5.41) is 0.931. The minimum Gasteiger partial charge on any atom is -0.493 e. The van der Waals surface area contributed by atoms with Crippen molar-refractivity contribution in [3.8, 4) is 11.5 Å². The van der Waals surface area contributed by atoms with Gasteiger partial charge in [0.1, 0.15) is 0 Å². The molecule has 2 heterocycles. The van der Waals surface area contributed by atoms with Gasteiger partial charge in [0.15, 0.2) is 11.5 Å². The number of benzene rings is 2. The van der Waals surface area contributed by atoms with E-state index in [2.05, 4.69) is 16.8 Å². The van der Waals surface area contributed by atoms with Crippen LogP contribution in [0.4, 0.5) is 5.69 Å². The lowest BCUT2D eigenvalue weighted by Crippen LogP contribution is -2.31. The van der Waals surface area contributed by atoms with Crippen LogP contribution in [0.15, 0.2) is 48.7 Å². The Balaban J connectivity index is 1.41. The summed E-state index contributed by atoms with van der Waals surface area (Å²) in [6.07, 6.45) is 7.88. The van der Waals surface area contributed by atoms with Crippen molar-refractivity contribution in [2.75, 3.05) is 38.8 Å². The molecule has 7 heteroatoms. The minimum absolute atomic E-state index is 0.200. The van der Waals surface area contributed by atoms with Crippen LogP contribution in [0.25, 0.3) is 10.9 Å². The predicted molar refractivity (Wildman–Crippen MR) is 142 cm³/mol. The van der Waals surface area contributed by atoms with E-state index in [1.54, 1.807) is 37.6 Å². The van der Waals surface area contributed by atoms with E-state index in [1.807, 2.05) is 25.2 Å². The number of carbonyl (C=O) groups is 2. The lowest BCUT2D eigenvalue weighted by molar-refractivity contribution is 0.0652. The quantitative estimate of drug-likeness (QED) is 0.226. The number of rotatable bonds is 13. The van der Waals surface area contributed by atoms with Crippen LogP contribution in [0.5, 0.6) is 11.5 Å². The van der Waals surface area contributed by atoms with Gasteiger partial charge in [0, 0.05) is 37.8 Å². The van der Waals surface area contributed by atoms with E-state index < -0.39 is 0 Å². The molecule has 0 unspecified atom stereocenters. The third-order valence-electron chi connectivity index (χ3n) is 6.67. The molecule has 0 spiro atoms. The van der Waals surface area contributed by atoms with E-state index in [9.17, 15) is 9.59 Å². The van der Waals surface area contributed by atoms with E-state index in [1.165, 1.54) is 17.7 Å². The van der Waals surface area contributed by atoms with Gasteiger partial charge in [-0.3, -0.25) is 19.5 Å². The number of anilines is 1. The highest BCUT2D eigenvalue weighted by Gasteiger charge is 2.34. The first kappa shape index (κ1) is 25.5. The number of hydrogen-bond acceptors (Lipinski definition) is 6. The Kier molecular flexibility index (Phi) is 8.41. The molecule has 1 aliphatic rings. The number of pyridine rings is 1. The summed E-state index contributed by atoms with van der Waals surface area (Å²) in [7, 11) is 3.68. The summed E-state index contributed by atoms with van der Waals surface area (Å²) in [4.78, 5) is 33.3. The maximum absolute atomic E-state index is 12.6. The topological polar surface area (TPSA) is 72.0 Å². The predicted octanol–water partition coefficient (Wildman–Crippen LogP) is 5.72. The van der Waals surface area contributed by atoms with Gasteiger partial charge in [-0.2, -0.15) is 0 Å². The van der Waals surface area contributed by atoms with E-state index >= 15 is 0 Å². The van der Waals surface area contributed by atoms with Crippen molar-refractivity contribution in [3.05, 3.63) is 59.8 Å². The van der Waals surface area contributed by atoms with Crippen molar-refractivity contribution in [3.63, 3.8) is 0 Å². The number of hydrogen-bond donors (Lipinski definition) is 0. The van der Waals surface area contributed by atoms with E-state index in [0.29, 0.717) is 30.0 Å². The van der Waals surface area contributed by atoms with Gasteiger partial charge >= 0.3 is 0 Å². The van der Waals surface area contributed by atoms with Crippen LogP contribution >= 0.6 is 0 Å². The zero-order valence-corrected chi connectivity index (χ0v) is 21.5. The van der Waals surface area contributed by atoms with Crippen LogP contribution in [0.3, 0.4) is 0 Å². The van der Waals surface area contributed by atoms with Crippen molar-refractivity contribution in [2.24, 2.45) is 0 Å². The van der Waals surface area contributed by atoms with Crippen molar-refractivity contribution in [1.29, 1.82) is 0 Å². The molecule has 0 aliphatic carbocycles. The monoisotopic (exact) mass is 489 g/mol. The van der Waals surface area contributed by atoms with Gasteiger partial charge in [0.05, 0.1) is 36.0 Å². The molecule has 190 valence electrons. The Morgan fingerprint density at radius 1 is 0.944 bits per heavy atom. The van der Waals surface area contributed by atoms with Gasteiger partial charge in [0.2, 0.25) is 0 Å². The molecule has 0 radical (unpaired) electrons. The number of fused-ring (bicyclic) bond motifs is 2. The molecule has 0 saturated heterocycles. The lowest BCUT2D eigenvalue weighted by atomic mass is 10.1. The summed E-state index contributed by atoms with van der Waals surface area (Å²) in [6, 6.07) is 12.9. The highest BCUT2D eigenvalue weighted by Crippen LogP contribution is 2.40. The average molecular weight is 490 g/mol. The Morgan fingerprint density at radius 2 is 1.69 bits per heavy atom. The molecule has 7 nitrogen and oxygen atoms in total. The smallest absolute Gasteiger partial charge is 0.261 e. The zero-order valence-electron chi connectivity index (χ0n) is 21.5. The molecule has 1 aromatic heterocycles. The Labute approximate surface area is 213 Å². The number of ether oxygens (including phenoxy) is 2. The maximum Gasteiger partial charge on any atom is 0.261 e. The van der Waals surface area contributed by atoms with Crippen LogP contribution in [-0.4, -0.2) is 55.6 Å². The summed E-state index contributed by atoms with van der Waals surface area (Å²) >= 11 is 0. The Morgan fingerprint density at radius 3 is 2.39 bits per heavy atom. The number of unbranched alkanes of at least 4 members (excludes halogenated alkanes) is 4. The number of aromatic nitrogens is 1. The largest absolute Gasteiger partial charge is 0.493 e. The third-order valence-corrected chi connectivity index (χ3v) is 6.67. The van der Waals surface area contributed by atoms with Gasteiger partial charge in [-0.15, -0.1) is 0 Å². The lowest BCUT2D eigenvalue weighted by Gasteiger charge is -2.23. The zero-order chi connectivity index (χ0) is 25.5. The van der Waals surface area contributed by atoms with Crippen LogP contribution in [-0.2, 0) is 0 Å². The maximum atomic E-state index is 12.6. The fourth-order valence-corrected chi connectivity index (χ4v) is 4.66. The second-order valence-corrected chi connectivity index (χ2v) is 9.17. The second-order valence-electron chi connectivity index (χ2n) is 9.17. The van der Waals surface area contributed by atoms with Crippen molar-refractivity contribution in [1.82, 2.24) is 9.88 Å². The van der Waals surface area contributed by atoms with Gasteiger partial charge in [-0.25, -0.2) is 0 Å². The van der Waals surface area contributed by atoms with Crippen molar-refractivity contribution < 1.29 is 19.1 Å². The summed E-state index contributed by atoms with van der Waals surface area (Å²) in [5.41, 5.74) is 2.82. The number of carbonyl (C=O) groups excluding carboxylic acids is 2. The highest BCUT2D eigenvalue weighted by atomic mass is 16.5. The van der Waals surface area contributed by atoms with E-state index in [0.717, 1.165) is 54.6 Å². The molecule has 0 bridgehead atoms. The Bertz CT molecular complexity index is 1190. The summed E-state index contributed by atoms with van der Waals surface area (Å²) < 4.78 is 11.9. The fourth-order valence-electron chi connectivity index (χ4n) is 4.66. The van der Waals surface area contributed by atoms with Crippen LogP contribution in [0.1, 0.15) is 66.2 Å². The molecule has 1 aliphatic heterocycles. The van der Waals surface area contributed by atoms with E-state index in [-0.39, 0.29) is 11.8 Å². The first-order valence-electron chi connectivity index (χ1n) is 12.8. The highest BCUT2D eigenvalue weighted by molar-refractivity contribution is 6.21. The molecule has 2 aromatic carbocycles. The van der Waals surface area contributed by atoms with Gasteiger partial charge in [-0.1, -0.05) is 38.3 Å². The third kappa shape index (κ3) is 5.30. The first-order chi connectivity index (χ1) is 17.6. The molecule has 36 heavy (non-hydrogen) atoms. The molecule has 0 N–H and O–H groups in total. The molecule has 4 rings (SSSR count). The average Bonchev–Trinajstić information content (AvgIpc) is 3.15. The molecule has 3 aromatic rings. The summed E-state index contributed by atoms with van der Waals surface area (Å²) in [5.74, 6) is 1.03. The second kappa shape index (κ2) is 11.9. The molecular formula is C29H35N3O4. The van der Waals surface area contributed by atoms with Crippen LogP contribution < -0.4 is 14.4 Å². The van der Waals surface area contributed by atoms with E-state index in [4.69, 9.17) is 9.47 Å². The number of methoxy groups -OCH3 is 1. The van der Waals surface area contributed by atoms with Gasteiger partial charge in [0.25, 0.3) is 11.8 Å². The van der Waals surface area contributed by atoms with Gasteiger partial charge in [-0.05, 0) is 43.5 Å². The molecule has 0 atom stereocenters. The summed E-state index contributed by atoms with van der Waals surface area (Å²) in [6.45, 7) is 4.00. The van der Waals surface area contributed by atoms with Crippen LogP contribution in [0.2, 0.25) is 0 Å². The Hall–Kier alpha value is -3.61. The first-order valence-corrected chi connectivity index (χ1v) is 12.8. The van der Waals surface area contributed by atoms with Crippen LogP contribution in [0, 0.1) is 0 Å².